The number of nitrogens with one attached hydrogen (secondary N) is 3. The second kappa shape index (κ2) is 10.4. The normalized spacial score (nSPS) is 14.2. The van der Waals surface area contributed by atoms with E-state index < -0.39 is 6.36 Å². The second-order valence-corrected chi connectivity index (χ2v) is 5.57. The molecule has 26 heavy (non-hydrogen) atoms. The van der Waals surface area contributed by atoms with Gasteiger partial charge in [-0.3, -0.25) is 9.79 Å². The number of ether oxygens (including phenoxy) is 1. The van der Waals surface area contributed by atoms with E-state index in [9.17, 15) is 18.0 Å². The van der Waals surface area contributed by atoms with Crippen LogP contribution < -0.4 is 20.7 Å². The van der Waals surface area contributed by atoms with Crippen LogP contribution in [-0.2, 0) is 11.3 Å². The van der Waals surface area contributed by atoms with Gasteiger partial charge in [-0.15, -0.1) is 37.1 Å². The van der Waals surface area contributed by atoms with E-state index in [1.807, 2.05) is 0 Å². The quantitative estimate of drug-likeness (QED) is 0.240. The third-order valence-electron chi connectivity index (χ3n) is 3.53. The molecule has 3 N–H and O–H groups in total. The third-order valence-corrected chi connectivity index (χ3v) is 3.53. The van der Waals surface area contributed by atoms with Crippen molar-refractivity contribution in [2.24, 2.45) is 10.9 Å². The standard InChI is InChI=1S/C16H21F3N4O2.HI/c1-20-15(22-9-8-21-14(24)11-6-7-11)23-10-12-4-2-3-5-13(12)25-16(17,18)19;/h2-5,11H,6-10H2,1H3,(H,21,24)(H2,20,22,23);1H. The van der Waals surface area contributed by atoms with E-state index in [1.54, 1.807) is 13.1 Å². The zero-order valence-electron chi connectivity index (χ0n) is 14.2. The molecule has 0 aliphatic heterocycles. The molecule has 0 aromatic heterocycles. The van der Waals surface area contributed by atoms with Crippen LogP contribution in [0.5, 0.6) is 5.75 Å². The predicted octanol–water partition coefficient (Wildman–Crippen LogP) is 2.39. The molecule has 1 saturated carbocycles. The fourth-order valence-corrected chi connectivity index (χ4v) is 2.13. The first-order valence-electron chi connectivity index (χ1n) is 7.95. The van der Waals surface area contributed by atoms with Crippen LogP contribution in [0.25, 0.3) is 0 Å². The lowest BCUT2D eigenvalue weighted by molar-refractivity contribution is -0.274. The number of aliphatic imine (C=N–C) groups is 1. The average Bonchev–Trinajstić information content (AvgIpc) is 3.39. The van der Waals surface area contributed by atoms with Crippen molar-refractivity contribution in [3.8, 4) is 5.75 Å². The monoisotopic (exact) mass is 486 g/mol. The van der Waals surface area contributed by atoms with Gasteiger partial charge in [0.25, 0.3) is 0 Å². The minimum absolute atomic E-state index is 0. The Kier molecular flexibility index (Phi) is 8.96. The van der Waals surface area contributed by atoms with E-state index in [0.29, 0.717) is 24.6 Å². The van der Waals surface area contributed by atoms with Crippen LogP contribution in [0.15, 0.2) is 29.3 Å². The van der Waals surface area contributed by atoms with Gasteiger partial charge in [-0.05, 0) is 18.9 Å². The highest BCUT2D eigenvalue weighted by atomic mass is 127. The Bertz CT molecular complexity index is 622. The summed E-state index contributed by atoms with van der Waals surface area (Å²) >= 11 is 0. The predicted molar refractivity (Wildman–Crippen MR) is 102 cm³/mol. The molecular weight excluding hydrogens is 464 g/mol. The summed E-state index contributed by atoms with van der Waals surface area (Å²) in [5.74, 6) is 0.377. The molecule has 2 rings (SSSR count). The van der Waals surface area contributed by atoms with Crippen molar-refractivity contribution in [2.45, 2.75) is 25.7 Å². The highest BCUT2D eigenvalue weighted by Crippen LogP contribution is 2.28. The second-order valence-electron chi connectivity index (χ2n) is 5.57. The van der Waals surface area contributed by atoms with Crippen molar-refractivity contribution in [2.75, 3.05) is 20.1 Å². The lowest BCUT2D eigenvalue weighted by atomic mass is 10.2. The zero-order valence-corrected chi connectivity index (χ0v) is 16.6. The van der Waals surface area contributed by atoms with Crippen LogP contribution in [0.4, 0.5) is 13.2 Å². The number of halogens is 4. The van der Waals surface area contributed by atoms with Crippen molar-refractivity contribution < 1.29 is 22.7 Å². The molecule has 0 bridgehead atoms. The van der Waals surface area contributed by atoms with Gasteiger partial charge in [-0.1, -0.05) is 18.2 Å². The molecule has 0 radical (unpaired) electrons. The van der Waals surface area contributed by atoms with Gasteiger partial charge >= 0.3 is 6.36 Å². The number of nitrogens with zero attached hydrogens (tertiary/aromatic N) is 1. The van der Waals surface area contributed by atoms with Crippen molar-refractivity contribution in [1.82, 2.24) is 16.0 Å². The van der Waals surface area contributed by atoms with Gasteiger partial charge in [0.05, 0.1) is 0 Å². The smallest absolute Gasteiger partial charge is 0.405 e. The van der Waals surface area contributed by atoms with Crippen LogP contribution >= 0.6 is 24.0 Å². The van der Waals surface area contributed by atoms with E-state index in [2.05, 4.69) is 25.7 Å². The minimum Gasteiger partial charge on any atom is -0.405 e. The van der Waals surface area contributed by atoms with Gasteiger partial charge < -0.3 is 20.7 Å². The lowest BCUT2D eigenvalue weighted by Crippen LogP contribution is -2.41. The third kappa shape index (κ3) is 8.11. The molecule has 0 atom stereocenters. The molecule has 6 nitrogen and oxygen atoms in total. The molecule has 1 fully saturated rings. The summed E-state index contributed by atoms with van der Waals surface area (Å²) in [5.41, 5.74) is 0.352. The molecular formula is C16H22F3IN4O2. The van der Waals surface area contributed by atoms with E-state index in [0.717, 1.165) is 12.8 Å². The Morgan fingerprint density at radius 1 is 1.19 bits per heavy atom. The molecule has 1 aromatic rings. The first-order chi connectivity index (χ1) is 11.9. The summed E-state index contributed by atoms with van der Waals surface area (Å²) in [6.07, 6.45) is -2.85. The molecule has 146 valence electrons. The van der Waals surface area contributed by atoms with E-state index in [-0.39, 0.29) is 48.1 Å². The minimum atomic E-state index is -4.74. The highest BCUT2D eigenvalue weighted by molar-refractivity contribution is 14.0. The Morgan fingerprint density at radius 2 is 1.85 bits per heavy atom. The highest BCUT2D eigenvalue weighted by Gasteiger charge is 2.32. The van der Waals surface area contributed by atoms with Crippen LogP contribution in [-0.4, -0.2) is 38.4 Å². The summed E-state index contributed by atoms with van der Waals surface area (Å²) in [5, 5.41) is 8.70. The summed E-state index contributed by atoms with van der Waals surface area (Å²) in [4.78, 5) is 15.5. The molecule has 1 aliphatic carbocycles. The zero-order chi connectivity index (χ0) is 18.3. The molecule has 1 aliphatic rings. The van der Waals surface area contributed by atoms with Crippen LogP contribution in [0.3, 0.4) is 0 Å². The number of guanidine groups is 1. The maximum Gasteiger partial charge on any atom is 0.573 e. The fraction of sp³-hybridized carbons (Fsp3) is 0.500. The van der Waals surface area contributed by atoms with E-state index in [4.69, 9.17) is 0 Å². The first kappa shape index (κ1) is 22.3. The largest absolute Gasteiger partial charge is 0.573 e. The number of rotatable bonds is 7. The Balaban J connectivity index is 0.00000338. The number of benzene rings is 1. The maximum atomic E-state index is 12.4. The number of para-hydroxylation sites is 1. The first-order valence-corrected chi connectivity index (χ1v) is 7.95. The number of alkyl halides is 3. The van der Waals surface area contributed by atoms with Crippen LogP contribution in [0.2, 0.25) is 0 Å². The summed E-state index contributed by atoms with van der Waals surface area (Å²) in [7, 11) is 1.55. The van der Waals surface area contributed by atoms with Crippen LogP contribution in [0.1, 0.15) is 18.4 Å². The van der Waals surface area contributed by atoms with E-state index >= 15 is 0 Å². The summed E-state index contributed by atoms with van der Waals surface area (Å²) in [6.45, 7) is 1.02. The molecule has 0 unspecified atom stereocenters. The maximum absolute atomic E-state index is 12.4. The van der Waals surface area contributed by atoms with Crippen molar-refractivity contribution in [3.63, 3.8) is 0 Å². The summed E-state index contributed by atoms with van der Waals surface area (Å²) < 4.78 is 41.2. The number of amides is 1. The number of hydrogen-bond acceptors (Lipinski definition) is 3. The van der Waals surface area contributed by atoms with Crippen LogP contribution in [0, 0.1) is 5.92 Å². The molecule has 0 saturated heterocycles. The van der Waals surface area contributed by atoms with Gasteiger partial charge in [0.1, 0.15) is 5.75 Å². The SMILES string of the molecule is CN=C(NCCNC(=O)C1CC1)NCc1ccccc1OC(F)(F)F.I. The van der Waals surface area contributed by atoms with Gasteiger partial charge in [-0.2, -0.15) is 0 Å². The van der Waals surface area contributed by atoms with Crippen molar-refractivity contribution in [1.29, 1.82) is 0 Å². The number of carbonyl (C=O) groups excluding carboxylic acids is 1. The molecule has 0 heterocycles. The molecule has 10 heteroatoms. The molecule has 1 aromatic carbocycles. The van der Waals surface area contributed by atoms with Gasteiger partial charge in [-0.25, -0.2) is 0 Å². The van der Waals surface area contributed by atoms with E-state index in [1.165, 1.54) is 18.2 Å². The van der Waals surface area contributed by atoms with Crippen molar-refractivity contribution >= 4 is 35.8 Å². The van der Waals surface area contributed by atoms with Gasteiger partial charge in [0.2, 0.25) is 5.91 Å². The average molecular weight is 486 g/mol. The Labute approximate surface area is 167 Å². The Morgan fingerprint density at radius 3 is 2.46 bits per heavy atom. The van der Waals surface area contributed by atoms with Crippen molar-refractivity contribution in [3.05, 3.63) is 29.8 Å². The molecule has 1 amide bonds. The van der Waals surface area contributed by atoms with Gasteiger partial charge in [0.15, 0.2) is 5.96 Å². The summed E-state index contributed by atoms with van der Waals surface area (Å²) in [6, 6.07) is 5.90. The van der Waals surface area contributed by atoms with Gasteiger partial charge in [0, 0.05) is 38.2 Å². The number of hydrogen-bond donors (Lipinski definition) is 3. The molecule has 0 spiro atoms. The lowest BCUT2D eigenvalue weighted by Gasteiger charge is -2.15. The Hall–Kier alpha value is -1.72. The fourth-order valence-electron chi connectivity index (χ4n) is 2.13. The topological polar surface area (TPSA) is 74.8 Å². The number of carbonyl (C=O) groups is 1.